The van der Waals surface area contributed by atoms with E-state index in [2.05, 4.69) is 25.5 Å². The van der Waals surface area contributed by atoms with Crippen molar-refractivity contribution in [2.24, 2.45) is 5.92 Å². The molecule has 2 aromatic heterocycles. The first-order chi connectivity index (χ1) is 12.3. The summed E-state index contributed by atoms with van der Waals surface area (Å²) in [7, 11) is 0. The predicted octanol–water partition coefficient (Wildman–Crippen LogP) is 1.66. The summed E-state index contributed by atoms with van der Waals surface area (Å²) in [5.41, 5.74) is 1.86. The molecule has 1 aliphatic heterocycles. The minimum Gasteiger partial charge on any atom is -0.355 e. The summed E-state index contributed by atoms with van der Waals surface area (Å²) in [5.74, 6) is 1.11. The number of carbonyl (C=O) groups is 1. The number of hydrogen-bond donors (Lipinski definition) is 1. The average Bonchev–Trinajstić information content (AvgIpc) is 3.15. The molecular weight excluding hydrogens is 316 g/mol. The maximum absolute atomic E-state index is 12.4. The third kappa shape index (κ3) is 3.45. The van der Waals surface area contributed by atoms with Crippen LogP contribution in [-0.2, 0) is 11.3 Å². The molecule has 3 heterocycles. The fraction of sp³-hybridized carbons (Fsp3) is 0.333. The van der Waals surface area contributed by atoms with E-state index in [-0.39, 0.29) is 11.8 Å². The first kappa shape index (κ1) is 15.6. The van der Waals surface area contributed by atoms with Crippen LogP contribution in [0.15, 0.2) is 48.8 Å². The maximum atomic E-state index is 12.4. The highest BCUT2D eigenvalue weighted by Crippen LogP contribution is 2.22. The molecule has 0 saturated carbocycles. The van der Waals surface area contributed by atoms with E-state index in [1.807, 2.05) is 42.5 Å². The fourth-order valence-corrected chi connectivity index (χ4v) is 3.19. The van der Waals surface area contributed by atoms with Crippen molar-refractivity contribution in [1.29, 1.82) is 0 Å². The van der Waals surface area contributed by atoms with Crippen LogP contribution in [0.3, 0.4) is 0 Å². The molecule has 3 aromatic rings. The van der Waals surface area contributed by atoms with Gasteiger partial charge in [-0.3, -0.25) is 4.79 Å². The molecule has 1 aliphatic rings. The van der Waals surface area contributed by atoms with Gasteiger partial charge in [0.05, 0.1) is 0 Å². The third-order valence-electron chi connectivity index (χ3n) is 4.65. The molecule has 25 heavy (non-hydrogen) atoms. The Morgan fingerprint density at radius 3 is 2.72 bits per heavy atom. The smallest absolute Gasteiger partial charge is 0.223 e. The second kappa shape index (κ2) is 6.88. The molecule has 0 atom stereocenters. The number of nitrogens with zero attached hydrogens (tertiary/aromatic N) is 5. The van der Waals surface area contributed by atoms with Crippen LogP contribution < -0.4 is 10.2 Å². The Kier molecular flexibility index (Phi) is 4.28. The van der Waals surface area contributed by atoms with Gasteiger partial charge in [0.2, 0.25) is 5.91 Å². The third-order valence-corrected chi connectivity index (χ3v) is 4.65. The Balaban J connectivity index is 1.32. The van der Waals surface area contributed by atoms with Gasteiger partial charge in [0.25, 0.3) is 0 Å². The zero-order chi connectivity index (χ0) is 17.1. The van der Waals surface area contributed by atoms with Gasteiger partial charge in [-0.15, -0.1) is 15.3 Å². The Labute approximate surface area is 145 Å². The van der Waals surface area contributed by atoms with Gasteiger partial charge in [-0.05, 0) is 30.5 Å². The lowest BCUT2D eigenvalue weighted by molar-refractivity contribution is -0.125. The number of anilines is 1. The van der Waals surface area contributed by atoms with E-state index in [4.69, 9.17) is 0 Å². The van der Waals surface area contributed by atoms with Gasteiger partial charge in [-0.2, -0.15) is 4.52 Å². The number of benzene rings is 1. The molecule has 7 nitrogen and oxygen atoms in total. The number of carbonyl (C=O) groups excluding carboxylic acids is 1. The van der Waals surface area contributed by atoms with Crippen molar-refractivity contribution in [3.05, 3.63) is 54.4 Å². The van der Waals surface area contributed by atoms with Crippen molar-refractivity contribution in [1.82, 2.24) is 25.1 Å². The molecule has 0 aliphatic carbocycles. The SMILES string of the molecule is O=C(NCc1ccccc1)C1CCN(c2ccc3nncn3n2)CC1. The van der Waals surface area contributed by atoms with E-state index in [0.29, 0.717) is 6.54 Å². The molecule has 1 aromatic carbocycles. The topological polar surface area (TPSA) is 75.4 Å². The van der Waals surface area contributed by atoms with E-state index >= 15 is 0 Å². The summed E-state index contributed by atoms with van der Waals surface area (Å²) < 4.78 is 1.67. The number of piperidine rings is 1. The Hall–Kier alpha value is -2.96. The summed E-state index contributed by atoms with van der Waals surface area (Å²) >= 11 is 0. The summed E-state index contributed by atoms with van der Waals surface area (Å²) in [6.07, 6.45) is 3.27. The minimum atomic E-state index is 0.0682. The Morgan fingerprint density at radius 1 is 1.12 bits per heavy atom. The van der Waals surface area contributed by atoms with Crippen LogP contribution in [0.25, 0.3) is 5.65 Å². The van der Waals surface area contributed by atoms with Gasteiger partial charge in [-0.25, -0.2) is 0 Å². The first-order valence-corrected chi connectivity index (χ1v) is 8.53. The molecule has 0 spiro atoms. The zero-order valence-electron chi connectivity index (χ0n) is 13.9. The first-order valence-electron chi connectivity index (χ1n) is 8.53. The van der Waals surface area contributed by atoms with E-state index in [9.17, 15) is 4.79 Å². The summed E-state index contributed by atoms with van der Waals surface area (Å²) in [6.45, 7) is 2.24. The van der Waals surface area contributed by atoms with Crippen molar-refractivity contribution in [2.75, 3.05) is 18.0 Å². The Morgan fingerprint density at radius 2 is 1.92 bits per heavy atom. The van der Waals surface area contributed by atoms with E-state index < -0.39 is 0 Å². The van der Waals surface area contributed by atoms with Crippen LogP contribution in [0.1, 0.15) is 18.4 Å². The number of aromatic nitrogens is 4. The number of hydrogen-bond acceptors (Lipinski definition) is 5. The van der Waals surface area contributed by atoms with Crippen molar-refractivity contribution >= 4 is 17.4 Å². The van der Waals surface area contributed by atoms with Crippen LogP contribution in [0.4, 0.5) is 5.82 Å². The Bertz CT molecular complexity index is 854. The second-order valence-electron chi connectivity index (χ2n) is 6.29. The number of fused-ring (bicyclic) bond motifs is 1. The quantitative estimate of drug-likeness (QED) is 0.784. The minimum absolute atomic E-state index is 0.0682. The van der Waals surface area contributed by atoms with Crippen molar-refractivity contribution < 1.29 is 4.79 Å². The van der Waals surface area contributed by atoms with Gasteiger partial charge >= 0.3 is 0 Å². The molecule has 1 saturated heterocycles. The standard InChI is InChI=1S/C18H20N6O/c25-18(19-12-14-4-2-1-3-5-14)15-8-10-23(11-9-15)17-7-6-16-21-20-13-24(16)22-17/h1-7,13,15H,8-12H2,(H,19,25). The molecule has 128 valence electrons. The predicted molar refractivity (Wildman–Crippen MR) is 94.0 cm³/mol. The highest BCUT2D eigenvalue weighted by Gasteiger charge is 2.25. The molecule has 1 N–H and O–H groups in total. The molecular formula is C18H20N6O. The summed E-state index contributed by atoms with van der Waals surface area (Å²) in [5, 5.41) is 15.4. The van der Waals surface area contributed by atoms with Gasteiger partial charge in [0, 0.05) is 25.6 Å². The van der Waals surface area contributed by atoms with E-state index in [0.717, 1.165) is 43.0 Å². The number of rotatable bonds is 4. The van der Waals surface area contributed by atoms with Crippen LogP contribution in [-0.4, -0.2) is 38.8 Å². The largest absolute Gasteiger partial charge is 0.355 e. The van der Waals surface area contributed by atoms with Crippen LogP contribution in [0, 0.1) is 5.92 Å². The van der Waals surface area contributed by atoms with E-state index in [1.165, 1.54) is 0 Å². The highest BCUT2D eigenvalue weighted by molar-refractivity contribution is 5.79. The lowest BCUT2D eigenvalue weighted by Crippen LogP contribution is -2.40. The van der Waals surface area contributed by atoms with Gasteiger partial charge in [-0.1, -0.05) is 30.3 Å². The lowest BCUT2D eigenvalue weighted by Gasteiger charge is -2.32. The summed E-state index contributed by atoms with van der Waals surface area (Å²) in [6, 6.07) is 13.9. The fourth-order valence-electron chi connectivity index (χ4n) is 3.19. The average molecular weight is 336 g/mol. The van der Waals surface area contributed by atoms with Gasteiger partial charge in [0.15, 0.2) is 5.65 Å². The molecule has 1 fully saturated rings. The van der Waals surface area contributed by atoms with Crippen molar-refractivity contribution in [3.63, 3.8) is 0 Å². The molecule has 0 unspecified atom stereocenters. The van der Waals surface area contributed by atoms with Crippen LogP contribution in [0.5, 0.6) is 0 Å². The van der Waals surface area contributed by atoms with Crippen molar-refractivity contribution in [3.8, 4) is 0 Å². The van der Waals surface area contributed by atoms with Crippen LogP contribution in [0.2, 0.25) is 0 Å². The van der Waals surface area contributed by atoms with Crippen molar-refractivity contribution in [2.45, 2.75) is 19.4 Å². The maximum Gasteiger partial charge on any atom is 0.223 e. The lowest BCUT2D eigenvalue weighted by atomic mass is 9.96. The normalized spacial score (nSPS) is 15.4. The number of nitrogens with one attached hydrogen (secondary N) is 1. The molecule has 1 amide bonds. The van der Waals surface area contributed by atoms with Gasteiger partial charge in [0.1, 0.15) is 12.1 Å². The zero-order valence-corrected chi connectivity index (χ0v) is 13.9. The van der Waals surface area contributed by atoms with Crippen LogP contribution >= 0.6 is 0 Å². The number of amides is 1. The second-order valence-corrected chi connectivity index (χ2v) is 6.29. The molecule has 7 heteroatoms. The molecule has 4 rings (SSSR count). The molecule has 0 radical (unpaired) electrons. The highest BCUT2D eigenvalue weighted by atomic mass is 16.1. The van der Waals surface area contributed by atoms with Gasteiger partial charge < -0.3 is 10.2 Å². The molecule has 0 bridgehead atoms. The monoisotopic (exact) mass is 336 g/mol. The summed E-state index contributed by atoms with van der Waals surface area (Å²) in [4.78, 5) is 14.6. The van der Waals surface area contributed by atoms with E-state index in [1.54, 1.807) is 10.8 Å².